The maximum absolute atomic E-state index is 14.1. The van der Waals surface area contributed by atoms with Gasteiger partial charge in [0, 0.05) is 41.6 Å². The van der Waals surface area contributed by atoms with Crippen LogP contribution in [0.25, 0.3) is 0 Å². The van der Waals surface area contributed by atoms with Crippen LogP contribution in [0.3, 0.4) is 0 Å². The minimum atomic E-state index is -0.242. The van der Waals surface area contributed by atoms with Gasteiger partial charge in [-0.25, -0.2) is 4.39 Å². The van der Waals surface area contributed by atoms with Crippen LogP contribution in [0.5, 0.6) is 5.75 Å². The molecule has 0 radical (unpaired) electrons. The van der Waals surface area contributed by atoms with Gasteiger partial charge in [0.1, 0.15) is 11.6 Å². The SMILES string of the molecule is CN=C(NC1CCOc2ccccc21)NC1CC1c1c(F)cccc1Cl.I. The summed E-state index contributed by atoms with van der Waals surface area (Å²) in [6, 6.07) is 13.1. The van der Waals surface area contributed by atoms with E-state index in [9.17, 15) is 4.39 Å². The highest BCUT2D eigenvalue weighted by Gasteiger charge is 2.42. The van der Waals surface area contributed by atoms with Crippen molar-refractivity contribution in [2.45, 2.75) is 30.8 Å². The molecule has 1 heterocycles. The Labute approximate surface area is 180 Å². The maximum atomic E-state index is 14.1. The van der Waals surface area contributed by atoms with Gasteiger partial charge in [-0.15, -0.1) is 24.0 Å². The highest BCUT2D eigenvalue weighted by atomic mass is 127. The standard InChI is InChI=1S/C20H21ClFN3O.HI/c1-23-20(24-16-9-10-26-18-8-3-2-5-12(16)18)25-17-11-13(17)19-14(21)6-4-7-15(19)22;/h2-8,13,16-17H,9-11H2,1H3,(H2,23,24,25);1H. The van der Waals surface area contributed by atoms with Crippen molar-refractivity contribution in [1.82, 2.24) is 10.6 Å². The van der Waals surface area contributed by atoms with E-state index in [1.165, 1.54) is 6.07 Å². The van der Waals surface area contributed by atoms with E-state index in [1.807, 2.05) is 18.2 Å². The second-order valence-electron chi connectivity index (χ2n) is 6.67. The van der Waals surface area contributed by atoms with Crippen molar-refractivity contribution in [3.8, 4) is 5.75 Å². The average Bonchev–Trinajstić information content (AvgIpc) is 3.40. The molecule has 4 nitrogen and oxygen atoms in total. The number of guanidine groups is 1. The van der Waals surface area contributed by atoms with E-state index in [0.717, 1.165) is 24.2 Å². The zero-order chi connectivity index (χ0) is 18.1. The molecule has 2 N–H and O–H groups in total. The van der Waals surface area contributed by atoms with E-state index in [1.54, 1.807) is 19.2 Å². The molecule has 27 heavy (non-hydrogen) atoms. The highest BCUT2D eigenvalue weighted by Crippen LogP contribution is 2.45. The summed E-state index contributed by atoms with van der Waals surface area (Å²) in [7, 11) is 1.74. The Morgan fingerprint density at radius 2 is 2.00 bits per heavy atom. The fourth-order valence-electron chi connectivity index (χ4n) is 3.54. The summed E-state index contributed by atoms with van der Waals surface area (Å²) < 4.78 is 19.8. The number of fused-ring (bicyclic) bond motifs is 1. The van der Waals surface area contributed by atoms with Crippen LogP contribution in [0.4, 0.5) is 4.39 Å². The predicted molar refractivity (Wildman–Crippen MR) is 117 cm³/mol. The smallest absolute Gasteiger partial charge is 0.191 e. The number of halogens is 3. The molecule has 0 spiro atoms. The molecular weight excluding hydrogens is 480 g/mol. The second-order valence-corrected chi connectivity index (χ2v) is 7.08. The van der Waals surface area contributed by atoms with Gasteiger partial charge in [-0.05, 0) is 24.6 Å². The minimum absolute atomic E-state index is 0. The lowest BCUT2D eigenvalue weighted by molar-refractivity contribution is 0.261. The Hall–Kier alpha value is -1.54. The molecule has 1 aliphatic heterocycles. The summed E-state index contributed by atoms with van der Waals surface area (Å²) in [5, 5.41) is 7.35. The van der Waals surface area contributed by atoms with Crippen molar-refractivity contribution in [2.75, 3.05) is 13.7 Å². The molecule has 0 amide bonds. The van der Waals surface area contributed by atoms with Crippen LogP contribution >= 0.6 is 35.6 Å². The quantitative estimate of drug-likeness (QED) is 0.366. The number of nitrogens with zero attached hydrogens (tertiary/aromatic N) is 1. The molecule has 1 saturated carbocycles. The van der Waals surface area contributed by atoms with Gasteiger partial charge in [0.15, 0.2) is 5.96 Å². The number of nitrogens with one attached hydrogen (secondary N) is 2. The second kappa shape index (κ2) is 8.65. The molecule has 0 aromatic heterocycles. The van der Waals surface area contributed by atoms with Crippen molar-refractivity contribution in [2.24, 2.45) is 4.99 Å². The van der Waals surface area contributed by atoms with Crippen molar-refractivity contribution < 1.29 is 9.13 Å². The van der Waals surface area contributed by atoms with Crippen molar-refractivity contribution in [3.63, 3.8) is 0 Å². The Bertz CT molecular complexity index is 827. The van der Waals surface area contributed by atoms with Gasteiger partial charge >= 0.3 is 0 Å². The van der Waals surface area contributed by atoms with Crippen LogP contribution in [-0.2, 0) is 0 Å². The number of aliphatic imine (C=N–C) groups is 1. The van der Waals surface area contributed by atoms with Crippen molar-refractivity contribution >= 4 is 41.5 Å². The molecule has 2 aromatic rings. The fraction of sp³-hybridized carbons (Fsp3) is 0.350. The van der Waals surface area contributed by atoms with Crippen LogP contribution < -0.4 is 15.4 Å². The first kappa shape index (κ1) is 20.2. The molecule has 0 saturated heterocycles. The van der Waals surface area contributed by atoms with Gasteiger partial charge in [-0.3, -0.25) is 4.99 Å². The fourth-order valence-corrected chi connectivity index (χ4v) is 3.85. The summed E-state index contributed by atoms with van der Waals surface area (Å²) in [6.45, 7) is 0.669. The van der Waals surface area contributed by atoms with Crippen LogP contribution in [0.1, 0.15) is 35.9 Å². The Kier molecular flexibility index (Phi) is 6.47. The molecule has 1 aliphatic carbocycles. The maximum Gasteiger partial charge on any atom is 0.191 e. The Morgan fingerprint density at radius 3 is 2.78 bits per heavy atom. The van der Waals surface area contributed by atoms with Crippen LogP contribution in [-0.4, -0.2) is 25.7 Å². The average molecular weight is 502 g/mol. The van der Waals surface area contributed by atoms with Crippen LogP contribution in [0.2, 0.25) is 5.02 Å². The van der Waals surface area contributed by atoms with E-state index in [4.69, 9.17) is 16.3 Å². The van der Waals surface area contributed by atoms with E-state index in [0.29, 0.717) is 23.2 Å². The molecule has 1 fully saturated rings. The zero-order valence-corrected chi connectivity index (χ0v) is 18.0. The minimum Gasteiger partial charge on any atom is -0.493 e. The number of hydrogen-bond acceptors (Lipinski definition) is 2. The molecule has 3 unspecified atom stereocenters. The predicted octanol–water partition coefficient (Wildman–Crippen LogP) is 4.64. The van der Waals surface area contributed by atoms with E-state index in [-0.39, 0.29) is 47.8 Å². The molecule has 4 rings (SSSR count). The molecule has 0 bridgehead atoms. The third-order valence-electron chi connectivity index (χ3n) is 4.98. The zero-order valence-electron chi connectivity index (χ0n) is 14.9. The monoisotopic (exact) mass is 501 g/mol. The number of para-hydroxylation sites is 1. The molecule has 7 heteroatoms. The molecule has 2 aliphatic rings. The lowest BCUT2D eigenvalue weighted by Gasteiger charge is -2.28. The van der Waals surface area contributed by atoms with Crippen molar-refractivity contribution in [3.05, 3.63) is 64.4 Å². The topological polar surface area (TPSA) is 45.7 Å². The largest absolute Gasteiger partial charge is 0.493 e. The summed E-state index contributed by atoms with van der Waals surface area (Å²) in [4.78, 5) is 4.34. The van der Waals surface area contributed by atoms with E-state index < -0.39 is 0 Å². The highest BCUT2D eigenvalue weighted by molar-refractivity contribution is 14.0. The number of benzene rings is 2. The number of ether oxygens (including phenoxy) is 1. The van der Waals surface area contributed by atoms with Crippen molar-refractivity contribution in [1.29, 1.82) is 0 Å². The van der Waals surface area contributed by atoms with E-state index in [2.05, 4.69) is 21.7 Å². The van der Waals surface area contributed by atoms with E-state index >= 15 is 0 Å². The van der Waals surface area contributed by atoms with Gasteiger partial charge in [-0.1, -0.05) is 35.9 Å². The first-order valence-corrected chi connectivity index (χ1v) is 9.20. The van der Waals surface area contributed by atoms with Gasteiger partial charge < -0.3 is 15.4 Å². The third-order valence-corrected chi connectivity index (χ3v) is 5.31. The summed E-state index contributed by atoms with van der Waals surface area (Å²) in [6.07, 6.45) is 1.71. The van der Waals surface area contributed by atoms with Crippen LogP contribution in [0.15, 0.2) is 47.5 Å². The van der Waals surface area contributed by atoms with Gasteiger partial charge in [-0.2, -0.15) is 0 Å². The van der Waals surface area contributed by atoms with Gasteiger partial charge in [0.05, 0.1) is 12.6 Å². The number of hydrogen-bond donors (Lipinski definition) is 2. The summed E-state index contributed by atoms with van der Waals surface area (Å²) in [5.74, 6) is 1.46. The first-order valence-electron chi connectivity index (χ1n) is 8.83. The first-order chi connectivity index (χ1) is 12.7. The lowest BCUT2D eigenvalue weighted by atomic mass is 10.0. The summed E-state index contributed by atoms with van der Waals surface area (Å²) >= 11 is 6.18. The Balaban J connectivity index is 0.00000210. The lowest BCUT2D eigenvalue weighted by Crippen LogP contribution is -2.42. The van der Waals surface area contributed by atoms with Gasteiger partial charge in [0.2, 0.25) is 0 Å². The molecular formula is C20H22ClFIN3O. The molecule has 3 atom stereocenters. The third kappa shape index (κ3) is 4.32. The Morgan fingerprint density at radius 1 is 1.19 bits per heavy atom. The van der Waals surface area contributed by atoms with Gasteiger partial charge in [0.25, 0.3) is 0 Å². The normalized spacial score (nSPS) is 23.5. The van der Waals surface area contributed by atoms with Crippen LogP contribution in [0, 0.1) is 5.82 Å². The summed E-state index contributed by atoms with van der Waals surface area (Å²) in [5.41, 5.74) is 1.73. The molecule has 2 aromatic carbocycles. The number of rotatable bonds is 3. The molecule has 144 valence electrons.